The van der Waals surface area contributed by atoms with Gasteiger partial charge in [0.25, 0.3) is 0 Å². The van der Waals surface area contributed by atoms with E-state index in [-0.39, 0.29) is 5.41 Å². The van der Waals surface area contributed by atoms with E-state index in [1.807, 2.05) is 0 Å². The Labute approximate surface area is 135 Å². The Hall–Kier alpha value is -2.54. The molecule has 4 aromatic rings. The number of benzene rings is 3. The molecule has 1 heterocycles. The van der Waals surface area contributed by atoms with E-state index in [2.05, 4.69) is 75.4 Å². The van der Waals surface area contributed by atoms with Gasteiger partial charge in [0.05, 0.1) is 0 Å². The molecule has 0 atom stereocenters. The van der Waals surface area contributed by atoms with Crippen LogP contribution in [0, 0.1) is 6.92 Å². The van der Waals surface area contributed by atoms with Crippen molar-refractivity contribution in [2.24, 2.45) is 0 Å². The summed E-state index contributed by atoms with van der Waals surface area (Å²) in [5, 5.41) is 2.49. The van der Waals surface area contributed by atoms with Gasteiger partial charge in [0.2, 0.25) is 0 Å². The largest absolute Gasteiger partial charge is 0.456 e. The Kier molecular flexibility index (Phi) is 2.28. The number of hydrogen-bond acceptors (Lipinski definition) is 1. The van der Waals surface area contributed by atoms with E-state index < -0.39 is 0 Å². The van der Waals surface area contributed by atoms with Crippen molar-refractivity contribution < 1.29 is 4.42 Å². The highest BCUT2D eigenvalue weighted by atomic mass is 16.3. The molecule has 0 amide bonds. The highest BCUT2D eigenvalue weighted by molar-refractivity contribution is 6.15. The van der Waals surface area contributed by atoms with Gasteiger partial charge in [-0.2, -0.15) is 0 Å². The molecule has 0 saturated heterocycles. The molecule has 0 bridgehead atoms. The fourth-order valence-corrected chi connectivity index (χ4v) is 4.22. The Morgan fingerprint density at radius 1 is 0.826 bits per heavy atom. The Balaban J connectivity index is 2.05. The second kappa shape index (κ2) is 4.05. The minimum atomic E-state index is 0.0353. The molecule has 1 aliphatic rings. The molecule has 3 aromatic carbocycles. The molecule has 1 nitrogen and oxygen atoms in total. The van der Waals surface area contributed by atoms with Crippen molar-refractivity contribution in [3.63, 3.8) is 0 Å². The maximum atomic E-state index is 6.19. The van der Waals surface area contributed by atoms with E-state index in [4.69, 9.17) is 4.42 Å². The summed E-state index contributed by atoms with van der Waals surface area (Å²) in [6.45, 7) is 6.75. The minimum Gasteiger partial charge on any atom is -0.456 e. The first kappa shape index (κ1) is 13.0. The van der Waals surface area contributed by atoms with Gasteiger partial charge < -0.3 is 4.42 Å². The average molecular weight is 298 g/mol. The van der Waals surface area contributed by atoms with Crippen LogP contribution in [0.1, 0.15) is 30.5 Å². The first-order valence-corrected chi connectivity index (χ1v) is 8.14. The molecule has 1 heteroatoms. The predicted molar refractivity (Wildman–Crippen MR) is 96.0 cm³/mol. The number of fused-ring (bicyclic) bond motifs is 7. The molecule has 112 valence electrons. The second-order valence-electron chi connectivity index (χ2n) is 7.09. The smallest absolute Gasteiger partial charge is 0.138 e. The van der Waals surface area contributed by atoms with Gasteiger partial charge in [-0.15, -0.1) is 0 Å². The van der Waals surface area contributed by atoms with Gasteiger partial charge in [-0.25, -0.2) is 0 Å². The van der Waals surface area contributed by atoms with Crippen LogP contribution >= 0.6 is 0 Å². The van der Waals surface area contributed by atoms with Crippen molar-refractivity contribution in [1.29, 1.82) is 0 Å². The third-order valence-electron chi connectivity index (χ3n) is 5.40. The quantitative estimate of drug-likeness (QED) is 0.376. The molecule has 0 unspecified atom stereocenters. The molecule has 0 aliphatic heterocycles. The topological polar surface area (TPSA) is 13.1 Å². The summed E-state index contributed by atoms with van der Waals surface area (Å²) in [6.07, 6.45) is 0. The van der Waals surface area contributed by atoms with Crippen molar-refractivity contribution in [3.8, 4) is 11.1 Å². The summed E-state index contributed by atoms with van der Waals surface area (Å²) in [6, 6.07) is 19.6. The molecule has 0 saturated carbocycles. The summed E-state index contributed by atoms with van der Waals surface area (Å²) in [5.74, 6) is 0. The van der Waals surface area contributed by atoms with Gasteiger partial charge in [0.1, 0.15) is 11.2 Å². The standard InChI is InChI=1S/C22H18O/c1-13-7-6-9-15-20-18(23-21(13)15)12-11-17-19(20)14-8-4-5-10-16(14)22(17,2)3/h4-12H,1-3H3. The number of para-hydroxylation sites is 1. The molecule has 0 N–H and O–H groups in total. The van der Waals surface area contributed by atoms with E-state index in [1.54, 1.807) is 0 Å². The fraction of sp³-hybridized carbons (Fsp3) is 0.182. The van der Waals surface area contributed by atoms with Gasteiger partial charge in [-0.3, -0.25) is 0 Å². The van der Waals surface area contributed by atoms with Gasteiger partial charge in [-0.05, 0) is 40.8 Å². The van der Waals surface area contributed by atoms with Crippen LogP contribution in [0.2, 0.25) is 0 Å². The van der Waals surface area contributed by atoms with Crippen LogP contribution < -0.4 is 0 Å². The SMILES string of the molecule is Cc1cccc2c1oc1ccc3c(c12)-c1ccccc1C3(C)C. The van der Waals surface area contributed by atoms with Crippen molar-refractivity contribution in [2.45, 2.75) is 26.2 Å². The lowest BCUT2D eigenvalue weighted by molar-refractivity contribution is 0.655. The number of hydrogen-bond donors (Lipinski definition) is 0. The zero-order valence-corrected chi connectivity index (χ0v) is 13.6. The van der Waals surface area contributed by atoms with Crippen molar-refractivity contribution in [2.75, 3.05) is 0 Å². The van der Waals surface area contributed by atoms with E-state index in [0.29, 0.717) is 0 Å². The van der Waals surface area contributed by atoms with E-state index in [0.717, 1.165) is 11.2 Å². The van der Waals surface area contributed by atoms with Crippen LogP contribution in [0.5, 0.6) is 0 Å². The van der Waals surface area contributed by atoms with E-state index in [1.165, 1.54) is 38.6 Å². The molecule has 23 heavy (non-hydrogen) atoms. The summed E-state index contributed by atoms with van der Waals surface area (Å²) < 4.78 is 6.19. The van der Waals surface area contributed by atoms with Crippen LogP contribution in [-0.2, 0) is 5.41 Å². The lowest BCUT2D eigenvalue weighted by Gasteiger charge is -2.21. The van der Waals surface area contributed by atoms with Crippen LogP contribution in [0.3, 0.4) is 0 Å². The van der Waals surface area contributed by atoms with E-state index >= 15 is 0 Å². The van der Waals surface area contributed by atoms with Gasteiger partial charge in [0.15, 0.2) is 0 Å². The monoisotopic (exact) mass is 298 g/mol. The fourth-order valence-electron chi connectivity index (χ4n) is 4.22. The van der Waals surface area contributed by atoms with Crippen molar-refractivity contribution >= 4 is 21.9 Å². The lowest BCUT2D eigenvalue weighted by Crippen LogP contribution is -2.14. The summed E-state index contributed by atoms with van der Waals surface area (Å²) in [4.78, 5) is 0. The van der Waals surface area contributed by atoms with Crippen molar-refractivity contribution in [3.05, 3.63) is 71.3 Å². The first-order chi connectivity index (χ1) is 11.1. The third kappa shape index (κ3) is 1.47. The number of furan rings is 1. The van der Waals surface area contributed by atoms with Crippen LogP contribution in [0.15, 0.2) is 59.0 Å². The average Bonchev–Trinajstić information content (AvgIpc) is 3.03. The van der Waals surface area contributed by atoms with E-state index in [9.17, 15) is 0 Å². The highest BCUT2D eigenvalue weighted by Gasteiger charge is 2.37. The molecule has 5 rings (SSSR count). The van der Waals surface area contributed by atoms with Crippen LogP contribution in [0.4, 0.5) is 0 Å². The summed E-state index contributed by atoms with van der Waals surface area (Å²) in [7, 11) is 0. The predicted octanol–water partition coefficient (Wildman–Crippen LogP) is 6.20. The molecular formula is C22H18O. The zero-order valence-electron chi connectivity index (χ0n) is 13.6. The number of aryl methyl sites for hydroxylation is 1. The van der Waals surface area contributed by atoms with Crippen molar-refractivity contribution in [1.82, 2.24) is 0 Å². The summed E-state index contributed by atoms with van der Waals surface area (Å²) >= 11 is 0. The van der Waals surface area contributed by atoms with Crippen LogP contribution in [0.25, 0.3) is 33.1 Å². The molecule has 0 spiro atoms. The zero-order chi connectivity index (χ0) is 15.8. The molecule has 0 radical (unpaired) electrons. The maximum Gasteiger partial charge on any atom is 0.138 e. The highest BCUT2D eigenvalue weighted by Crippen LogP contribution is 2.52. The van der Waals surface area contributed by atoms with Crippen LogP contribution in [-0.4, -0.2) is 0 Å². The Morgan fingerprint density at radius 3 is 2.52 bits per heavy atom. The minimum absolute atomic E-state index is 0.0353. The summed E-state index contributed by atoms with van der Waals surface area (Å²) in [5.41, 5.74) is 8.74. The molecule has 0 fully saturated rings. The Bertz CT molecular complexity index is 1100. The van der Waals surface area contributed by atoms with Gasteiger partial charge >= 0.3 is 0 Å². The third-order valence-corrected chi connectivity index (χ3v) is 5.40. The lowest BCUT2D eigenvalue weighted by atomic mass is 9.82. The Morgan fingerprint density at radius 2 is 1.65 bits per heavy atom. The van der Waals surface area contributed by atoms with Gasteiger partial charge in [0, 0.05) is 16.2 Å². The molecule has 1 aromatic heterocycles. The maximum absolute atomic E-state index is 6.19. The molecule has 1 aliphatic carbocycles. The number of rotatable bonds is 0. The second-order valence-corrected chi connectivity index (χ2v) is 7.09. The van der Waals surface area contributed by atoms with Gasteiger partial charge in [-0.1, -0.05) is 62.4 Å². The normalized spacial score (nSPS) is 15.1. The first-order valence-electron chi connectivity index (χ1n) is 8.14. The molecular weight excluding hydrogens is 280 g/mol.